The molecule has 0 fully saturated rings. The van der Waals surface area contributed by atoms with Crippen LogP contribution in [0.4, 0.5) is 5.82 Å². The third-order valence-corrected chi connectivity index (χ3v) is 4.20. The summed E-state index contributed by atoms with van der Waals surface area (Å²) in [6, 6.07) is 6.22. The molecule has 6 nitrogen and oxygen atoms in total. The van der Waals surface area contributed by atoms with Gasteiger partial charge in [-0.3, -0.25) is 4.99 Å². The van der Waals surface area contributed by atoms with Crippen LogP contribution in [0.15, 0.2) is 40.1 Å². The molecule has 7 heteroatoms. The summed E-state index contributed by atoms with van der Waals surface area (Å²) in [5.41, 5.74) is 2.33. The number of nitrogens with zero attached hydrogens (tertiary/aromatic N) is 5. The first kappa shape index (κ1) is 18.3. The molecule has 0 atom stereocenters. The highest BCUT2D eigenvalue weighted by Gasteiger charge is 2.09. The van der Waals surface area contributed by atoms with Crippen molar-refractivity contribution >= 4 is 27.7 Å². The van der Waals surface area contributed by atoms with E-state index in [1.807, 2.05) is 45.4 Å². The largest absolute Gasteiger partial charge is 0.363 e. The van der Waals surface area contributed by atoms with Crippen LogP contribution in [0.1, 0.15) is 11.3 Å². The molecule has 0 saturated heterocycles. The maximum absolute atomic E-state index is 4.43. The second-order valence-corrected chi connectivity index (χ2v) is 6.85. The SMILES string of the molecule is CN=C(NCc1ccc(N(C)C)nc1)N(C)Cc1cc(Br)cn1C. The normalized spacial score (nSPS) is 11.5. The van der Waals surface area contributed by atoms with E-state index in [-0.39, 0.29) is 0 Å². The number of nitrogens with one attached hydrogen (secondary N) is 1. The molecule has 0 aromatic carbocycles. The van der Waals surface area contributed by atoms with Gasteiger partial charge in [0.05, 0.1) is 6.54 Å². The van der Waals surface area contributed by atoms with Crippen LogP contribution in [0.5, 0.6) is 0 Å². The lowest BCUT2D eigenvalue weighted by Crippen LogP contribution is -2.38. The maximum Gasteiger partial charge on any atom is 0.194 e. The molecule has 0 aliphatic carbocycles. The van der Waals surface area contributed by atoms with Gasteiger partial charge in [-0.2, -0.15) is 0 Å². The number of anilines is 1. The summed E-state index contributed by atoms with van der Waals surface area (Å²) < 4.78 is 3.20. The van der Waals surface area contributed by atoms with Gasteiger partial charge in [0.15, 0.2) is 5.96 Å². The molecule has 2 heterocycles. The van der Waals surface area contributed by atoms with Crippen molar-refractivity contribution in [2.24, 2.45) is 12.0 Å². The van der Waals surface area contributed by atoms with Gasteiger partial charge in [-0.1, -0.05) is 6.07 Å². The first-order chi connectivity index (χ1) is 11.4. The minimum Gasteiger partial charge on any atom is -0.363 e. The van der Waals surface area contributed by atoms with E-state index < -0.39 is 0 Å². The highest BCUT2D eigenvalue weighted by molar-refractivity contribution is 9.10. The summed E-state index contributed by atoms with van der Waals surface area (Å²) in [5, 5.41) is 3.38. The topological polar surface area (TPSA) is 48.7 Å². The first-order valence-electron chi connectivity index (χ1n) is 7.75. The molecule has 24 heavy (non-hydrogen) atoms. The Morgan fingerprint density at radius 1 is 1.33 bits per heavy atom. The smallest absolute Gasteiger partial charge is 0.194 e. The summed E-state index contributed by atoms with van der Waals surface area (Å²) in [6.07, 6.45) is 3.95. The maximum atomic E-state index is 4.43. The third kappa shape index (κ3) is 4.74. The van der Waals surface area contributed by atoms with Crippen LogP contribution in [0, 0.1) is 0 Å². The fraction of sp³-hybridized carbons (Fsp3) is 0.412. The summed E-state index contributed by atoms with van der Waals surface area (Å²) in [6.45, 7) is 1.47. The van der Waals surface area contributed by atoms with Crippen LogP contribution >= 0.6 is 15.9 Å². The summed E-state index contributed by atoms with van der Waals surface area (Å²) in [4.78, 5) is 12.9. The van der Waals surface area contributed by atoms with Gasteiger partial charge in [-0.15, -0.1) is 0 Å². The number of aryl methyl sites for hydroxylation is 1. The molecular weight excluding hydrogens is 368 g/mol. The average Bonchev–Trinajstić information content (AvgIpc) is 2.85. The van der Waals surface area contributed by atoms with Gasteiger partial charge in [-0.05, 0) is 33.6 Å². The predicted octanol–water partition coefficient (Wildman–Crippen LogP) is 2.46. The van der Waals surface area contributed by atoms with E-state index in [0.717, 1.165) is 28.4 Å². The molecule has 2 rings (SSSR count). The van der Waals surface area contributed by atoms with E-state index in [4.69, 9.17) is 0 Å². The van der Waals surface area contributed by atoms with Crippen molar-refractivity contribution in [1.82, 2.24) is 19.8 Å². The number of hydrogen-bond acceptors (Lipinski definition) is 3. The Labute approximate surface area is 152 Å². The highest BCUT2D eigenvalue weighted by Crippen LogP contribution is 2.15. The molecule has 0 aliphatic rings. The van der Waals surface area contributed by atoms with Gasteiger partial charge in [-0.25, -0.2) is 4.98 Å². The number of hydrogen-bond donors (Lipinski definition) is 1. The van der Waals surface area contributed by atoms with Crippen molar-refractivity contribution in [2.75, 3.05) is 33.1 Å². The van der Waals surface area contributed by atoms with Crippen LogP contribution in [0.2, 0.25) is 0 Å². The zero-order valence-corrected chi connectivity index (χ0v) is 16.5. The number of aromatic nitrogens is 2. The number of aliphatic imine (C=N–C) groups is 1. The van der Waals surface area contributed by atoms with Crippen molar-refractivity contribution in [1.29, 1.82) is 0 Å². The van der Waals surface area contributed by atoms with E-state index in [0.29, 0.717) is 6.54 Å². The number of pyridine rings is 1. The monoisotopic (exact) mass is 392 g/mol. The van der Waals surface area contributed by atoms with Gasteiger partial charge in [0, 0.05) is 64.3 Å². The summed E-state index contributed by atoms with van der Waals surface area (Å²) in [7, 11) is 9.84. The fourth-order valence-electron chi connectivity index (χ4n) is 2.39. The van der Waals surface area contributed by atoms with Gasteiger partial charge in [0.25, 0.3) is 0 Å². The van der Waals surface area contributed by atoms with Gasteiger partial charge >= 0.3 is 0 Å². The lowest BCUT2D eigenvalue weighted by molar-refractivity contribution is 0.461. The van der Waals surface area contributed by atoms with Crippen molar-refractivity contribution in [3.05, 3.63) is 46.3 Å². The number of rotatable bonds is 5. The fourth-order valence-corrected chi connectivity index (χ4v) is 2.96. The molecular formula is C17H25BrN6. The Kier molecular flexibility index (Phi) is 6.25. The van der Waals surface area contributed by atoms with Crippen LogP contribution in [-0.4, -0.2) is 48.6 Å². The van der Waals surface area contributed by atoms with Crippen LogP contribution in [-0.2, 0) is 20.1 Å². The lowest BCUT2D eigenvalue weighted by atomic mass is 10.3. The Morgan fingerprint density at radius 2 is 2.08 bits per heavy atom. The Morgan fingerprint density at radius 3 is 2.58 bits per heavy atom. The van der Waals surface area contributed by atoms with Crippen LogP contribution < -0.4 is 10.2 Å². The minimum atomic E-state index is 0.689. The Bertz CT molecular complexity index is 690. The standard InChI is InChI=1S/C17H25BrN6/c1-19-17(24(5)12-15-8-14(18)11-23(15)4)21-10-13-6-7-16(20-9-13)22(2)3/h6-9,11H,10,12H2,1-5H3,(H,19,21). The van der Waals surface area contributed by atoms with E-state index in [1.54, 1.807) is 7.05 Å². The van der Waals surface area contributed by atoms with E-state index in [1.165, 1.54) is 5.69 Å². The lowest BCUT2D eigenvalue weighted by Gasteiger charge is -2.22. The summed E-state index contributed by atoms with van der Waals surface area (Å²) >= 11 is 3.51. The molecule has 0 spiro atoms. The van der Waals surface area contributed by atoms with Gasteiger partial charge < -0.3 is 19.7 Å². The van der Waals surface area contributed by atoms with Gasteiger partial charge in [0.2, 0.25) is 0 Å². The molecule has 1 N–H and O–H groups in total. The second-order valence-electron chi connectivity index (χ2n) is 5.94. The van der Waals surface area contributed by atoms with E-state index >= 15 is 0 Å². The Balaban J connectivity index is 1.95. The molecule has 2 aromatic heterocycles. The van der Waals surface area contributed by atoms with Crippen molar-refractivity contribution in [3.63, 3.8) is 0 Å². The summed E-state index contributed by atoms with van der Waals surface area (Å²) in [5.74, 6) is 1.80. The van der Waals surface area contributed by atoms with E-state index in [2.05, 4.69) is 59.0 Å². The zero-order chi connectivity index (χ0) is 17.7. The minimum absolute atomic E-state index is 0.689. The predicted molar refractivity (Wildman–Crippen MR) is 103 cm³/mol. The molecule has 0 saturated carbocycles. The highest BCUT2D eigenvalue weighted by atomic mass is 79.9. The second kappa shape index (κ2) is 8.19. The molecule has 130 valence electrons. The Hall–Kier alpha value is -2.02. The number of halogens is 1. The third-order valence-electron chi connectivity index (χ3n) is 3.77. The molecule has 0 aliphatic heterocycles. The van der Waals surface area contributed by atoms with Crippen molar-refractivity contribution < 1.29 is 0 Å². The zero-order valence-electron chi connectivity index (χ0n) is 14.9. The quantitative estimate of drug-likeness (QED) is 0.626. The molecule has 2 aromatic rings. The first-order valence-corrected chi connectivity index (χ1v) is 8.54. The molecule has 0 unspecified atom stereocenters. The molecule has 0 radical (unpaired) electrons. The van der Waals surface area contributed by atoms with Crippen LogP contribution in [0.3, 0.4) is 0 Å². The molecule has 0 bridgehead atoms. The number of guanidine groups is 1. The van der Waals surface area contributed by atoms with E-state index in [9.17, 15) is 0 Å². The van der Waals surface area contributed by atoms with Crippen molar-refractivity contribution in [3.8, 4) is 0 Å². The van der Waals surface area contributed by atoms with Crippen LogP contribution in [0.25, 0.3) is 0 Å². The molecule has 0 amide bonds. The van der Waals surface area contributed by atoms with Crippen molar-refractivity contribution in [2.45, 2.75) is 13.1 Å². The average molecular weight is 393 g/mol. The van der Waals surface area contributed by atoms with Gasteiger partial charge in [0.1, 0.15) is 5.82 Å².